The van der Waals surface area contributed by atoms with Crippen LogP contribution in [-0.2, 0) is 19.1 Å². The highest BCUT2D eigenvalue weighted by atomic mass is 16.5. The van der Waals surface area contributed by atoms with Crippen molar-refractivity contribution in [3.8, 4) is 0 Å². The monoisotopic (exact) mass is 452 g/mol. The minimum absolute atomic E-state index is 0.00658. The average molecular weight is 453 g/mol. The molecule has 6 nitrogen and oxygen atoms in total. The summed E-state index contributed by atoms with van der Waals surface area (Å²) in [6, 6.07) is -0.0288. The number of carbonyl (C=O) groups is 2. The van der Waals surface area contributed by atoms with Crippen molar-refractivity contribution >= 4 is 11.8 Å². The van der Waals surface area contributed by atoms with E-state index in [2.05, 4.69) is 48.5 Å². The zero-order valence-corrected chi connectivity index (χ0v) is 22.5. The second-order valence-electron chi connectivity index (χ2n) is 12.8. The molecule has 2 aliphatic heterocycles. The molecule has 3 atom stereocenters. The summed E-state index contributed by atoms with van der Waals surface area (Å²) in [7, 11) is 0. The van der Waals surface area contributed by atoms with Gasteiger partial charge in [-0.2, -0.15) is 0 Å². The number of rotatable bonds is 6. The highest BCUT2D eigenvalue weighted by Gasteiger charge is 2.51. The summed E-state index contributed by atoms with van der Waals surface area (Å²) in [5.74, 6) is -0.308. The Kier molecular flexibility index (Phi) is 7.83. The smallest absolute Gasteiger partial charge is 0.228 e. The van der Waals surface area contributed by atoms with Crippen LogP contribution in [0.1, 0.15) is 102 Å². The summed E-state index contributed by atoms with van der Waals surface area (Å²) in [5, 5.41) is 0. The lowest BCUT2D eigenvalue weighted by molar-refractivity contribution is -0.159. The summed E-state index contributed by atoms with van der Waals surface area (Å²) < 4.78 is 12.1. The first-order valence-corrected chi connectivity index (χ1v) is 12.4. The lowest BCUT2D eigenvalue weighted by Gasteiger charge is -2.42. The number of hydrogen-bond donors (Lipinski definition) is 0. The molecule has 2 saturated heterocycles. The predicted octanol–water partition coefficient (Wildman–Crippen LogP) is 5.20. The molecule has 0 aliphatic carbocycles. The molecule has 32 heavy (non-hydrogen) atoms. The van der Waals surface area contributed by atoms with Gasteiger partial charge in [-0.25, -0.2) is 0 Å². The zero-order chi connectivity index (χ0) is 24.7. The number of ether oxygens (including phenoxy) is 2. The van der Waals surface area contributed by atoms with Gasteiger partial charge in [-0.05, 0) is 44.9 Å². The molecule has 0 saturated carbocycles. The van der Waals surface area contributed by atoms with Gasteiger partial charge < -0.3 is 19.3 Å². The maximum atomic E-state index is 14.0. The molecule has 6 heteroatoms. The molecular weight excluding hydrogens is 404 g/mol. The lowest BCUT2D eigenvalue weighted by atomic mass is 9.84. The molecule has 2 heterocycles. The van der Waals surface area contributed by atoms with Crippen LogP contribution in [0.25, 0.3) is 0 Å². The van der Waals surface area contributed by atoms with Gasteiger partial charge in [-0.1, -0.05) is 61.3 Å². The van der Waals surface area contributed by atoms with Crippen molar-refractivity contribution in [2.75, 3.05) is 13.2 Å². The van der Waals surface area contributed by atoms with E-state index in [1.54, 1.807) is 0 Å². The van der Waals surface area contributed by atoms with Crippen LogP contribution < -0.4 is 0 Å². The third kappa shape index (κ3) is 5.67. The second kappa shape index (κ2) is 9.25. The maximum Gasteiger partial charge on any atom is 0.228 e. The van der Waals surface area contributed by atoms with Gasteiger partial charge in [0.05, 0.1) is 25.3 Å². The first-order chi connectivity index (χ1) is 14.4. The van der Waals surface area contributed by atoms with Gasteiger partial charge in [0.1, 0.15) is 11.4 Å². The molecule has 2 fully saturated rings. The van der Waals surface area contributed by atoms with Gasteiger partial charge in [0.25, 0.3) is 0 Å². The third-order valence-corrected chi connectivity index (χ3v) is 7.15. The van der Waals surface area contributed by atoms with E-state index in [1.165, 1.54) is 0 Å². The molecule has 0 radical (unpaired) electrons. The van der Waals surface area contributed by atoms with Gasteiger partial charge in [-0.3, -0.25) is 9.59 Å². The summed E-state index contributed by atoms with van der Waals surface area (Å²) in [5.41, 5.74) is -1.55. The molecular formula is C26H48N2O4. The molecule has 0 N–H and O–H groups in total. The molecule has 0 aromatic carbocycles. The molecule has 2 rings (SSSR count). The Labute approximate surface area is 196 Å². The summed E-state index contributed by atoms with van der Waals surface area (Å²) in [6.45, 7) is 23.8. The zero-order valence-electron chi connectivity index (χ0n) is 22.5. The fourth-order valence-electron chi connectivity index (χ4n) is 5.04. The fourth-order valence-corrected chi connectivity index (χ4v) is 5.04. The van der Waals surface area contributed by atoms with Crippen LogP contribution >= 0.6 is 0 Å². The molecule has 186 valence electrons. The number of nitrogens with zero attached hydrogens (tertiary/aromatic N) is 2. The van der Waals surface area contributed by atoms with Crippen molar-refractivity contribution in [1.29, 1.82) is 0 Å². The third-order valence-electron chi connectivity index (χ3n) is 7.15. The average Bonchev–Trinajstić information content (AvgIpc) is 3.12. The van der Waals surface area contributed by atoms with Crippen LogP contribution in [0.2, 0.25) is 0 Å². The highest BCUT2D eigenvalue weighted by molar-refractivity contribution is 5.87. The van der Waals surface area contributed by atoms with E-state index in [1.807, 2.05) is 37.5 Å². The van der Waals surface area contributed by atoms with Crippen molar-refractivity contribution < 1.29 is 19.1 Å². The quantitative estimate of drug-likeness (QED) is 0.556. The lowest BCUT2D eigenvalue weighted by Crippen LogP contribution is -2.55. The van der Waals surface area contributed by atoms with E-state index in [4.69, 9.17) is 9.47 Å². The maximum absolute atomic E-state index is 14.0. The Hall–Kier alpha value is -1.14. The predicted molar refractivity (Wildman–Crippen MR) is 128 cm³/mol. The van der Waals surface area contributed by atoms with Crippen LogP contribution in [0, 0.1) is 16.7 Å². The molecule has 0 aromatic heterocycles. The van der Waals surface area contributed by atoms with Gasteiger partial charge in [0.2, 0.25) is 11.8 Å². The van der Waals surface area contributed by atoms with Crippen molar-refractivity contribution in [3.05, 3.63) is 0 Å². The SMILES string of the molecule is CCCC[C@@H](CC(=O)N1[C@@H](C(C)(C)C)COC1(C)C)C(=O)N1[C@@H](C(C)(C)C)COC1(C)C. The fraction of sp³-hybridized carbons (Fsp3) is 0.923. The Balaban J connectivity index is 2.33. The van der Waals surface area contributed by atoms with E-state index in [-0.39, 0.29) is 47.1 Å². The largest absolute Gasteiger partial charge is 0.354 e. The standard InChI is InChI=1S/C26H48N2O4/c1-12-13-14-18(22(30)28-20(24(5,6)7)17-32-26(28,10)11)15-21(29)27-19(23(2,3)4)16-31-25(27,8)9/h18-20H,12-17H2,1-11H3/t18-,19+,20+/m0/s1. The minimum atomic E-state index is -0.674. The normalized spacial score (nSPS) is 26.5. The van der Waals surface area contributed by atoms with Gasteiger partial charge in [0.15, 0.2) is 0 Å². The summed E-state index contributed by atoms with van der Waals surface area (Å²) in [6.07, 6.45) is 2.83. The number of amides is 2. The van der Waals surface area contributed by atoms with Crippen molar-refractivity contribution in [3.63, 3.8) is 0 Å². The summed E-state index contributed by atoms with van der Waals surface area (Å²) in [4.78, 5) is 31.5. The van der Waals surface area contributed by atoms with E-state index in [0.29, 0.717) is 19.6 Å². The second-order valence-corrected chi connectivity index (χ2v) is 12.8. The van der Waals surface area contributed by atoms with E-state index in [9.17, 15) is 9.59 Å². The van der Waals surface area contributed by atoms with Gasteiger partial charge >= 0.3 is 0 Å². The van der Waals surface area contributed by atoms with Crippen molar-refractivity contribution in [2.24, 2.45) is 16.7 Å². The molecule has 0 aromatic rings. The Morgan fingerprint density at radius 3 is 1.75 bits per heavy atom. The summed E-state index contributed by atoms with van der Waals surface area (Å²) >= 11 is 0. The number of hydrogen-bond acceptors (Lipinski definition) is 4. The Morgan fingerprint density at radius 2 is 1.31 bits per heavy atom. The van der Waals surface area contributed by atoms with Crippen LogP contribution in [-0.4, -0.2) is 58.4 Å². The first kappa shape index (κ1) is 27.1. The Bertz CT molecular complexity index is 687. The number of carbonyl (C=O) groups excluding carboxylic acids is 2. The first-order valence-electron chi connectivity index (χ1n) is 12.4. The van der Waals surface area contributed by atoms with E-state index < -0.39 is 11.4 Å². The van der Waals surface area contributed by atoms with Crippen LogP contribution in [0.15, 0.2) is 0 Å². The van der Waals surface area contributed by atoms with Crippen molar-refractivity contribution in [1.82, 2.24) is 9.80 Å². The molecule has 2 amide bonds. The van der Waals surface area contributed by atoms with E-state index in [0.717, 1.165) is 12.8 Å². The van der Waals surface area contributed by atoms with Gasteiger partial charge in [0, 0.05) is 12.3 Å². The van der Waals surface area contributed by atoms with Crippen LogP contribution in [0.4, 0.5) is 0 Å². The molecule has 0 bridgehead atoms. The number of unbranched alkanes of at least 4 members (excludes halogenated alkanes) is 1. The molecule has 0 unspecified atom stereocenters. The highest BCUT2D eigenvalue weighted by Crippen LogP contribution is 2.40. The molecule has 0 spiro atoms. The van der Waals surface area contributed by atoms with Crippen LogP contribution in [0.3, 0.4) is 0 Å². The Morgan fingerprint density at radius 1 is 0.875 bits per heavy atom. The van der Waals surface area contributed by atoms with Crippen molar-refractivity contribution in [2.45, 2.75) is 125 Å². The molecule has 2 aliphatic rings. The topological polar surface area (TPSA) is 59.1 Å². The van der Waals surface area contributed by atoms with Gasteiger partial charge in [-0.15, -0.1) is 0 Å². The minimum Gasteiger partial charge on any atom is -0.354 e. The van der Waals surface area contributed by atoms with Crippen LogP contribution in [0.5, 0.6) is 0 Å². The van der Waals surface area contributed by atoms with E-state index >= 15 is 0 Å².